The molecule has 25 heavy (non-hydrogen) atoms. The Morgan fingerprint density at radius 1 is 1.00 bits per heavy atom. The first kappa shape index (κ1) is 15.3. The number of carbonyl (C=O) groups excluding carboxylic acids is 2. The first-order chi connectivity index (χ1) is 11.9. The first-order valence-corrected chi connectivity index (χ1v) is 7.87. The summed E-state index contributed by atoms with van der Waals surface area (Å²) in [5.41, 5.74) is 2.70. The van der Waals surface area contributed by atoms with Gasteiger partial charge < -0.3 is 19.2 Å². The maximum absolute atomic E-state index is 12.0. The van der Waals surface area contributed by atoms with Crippen LogP contribution in [0.15, 0.2) is 60.4 Å². The molecule has 3 heterocycles. The second-order valence-corrected chi connectivity index (χ2v) is 6.26. The number of anilines is 1. The Kier molecular flexibility index (Phi) is 3.28. The van der Waals surface area contributed by atoms with E-state index in [0.29, 0.717) is 0 Å². The minimum Gasteiger partial charge on any atom is -0.419 e. The lowest BCUT2D eigenvalue weighted by molar-refractivity contribution is -0.222. The van der Waals surface area contributed by atoms with Gasteiger partial charge in [-0.3, -0.25) is 0 Å². The summed E-state index contributed by atoms with van der Waals surface area (Å²) >= 11 is 0. The van der Waals surface area contributed by atoms with Crippen molar-refractivity contribution in [2.45, 2.75) is 19.6 Å². The molecular formula is C19H16N2O4. The highest BCUT2D eigenvalue weighted by atomic mass is 16.7. The molecule has 0 saturated carbocycles. The van der Waals surface area contributed by atoms with Gasteiger partial charge in [0.2, 0.25) is 0 Å². The topological polar surface area (TPSA) is 69.0 Å². The van der Waals surface area contributed by atoms with E-state index in [0.717, 1.165) is 22.1 Å². The van der Waals surface area contributed by atoms with Gasteiger partial charge in [-0.25, -0.2) is 9.59 Å². The summed E-state index contributed by atoms with van der Waals surface area (Å²) in [4.78, 5) is 24.0. The molecule has 0 unspecified atom stereocenters. The summed E-state index contributed by atoms with van der Waals surface area (Å²) in [7, 11) is 0. The van der Waals surface area contributed by atoms with Crippen molar-refractivity contribution in [3.8, 4) is 0 Å². The average molecular weight is 336 g/mol. The standard InChI is InChI=1S/C19H16N2O4/c1-19(2)24-17(22)14(18(23)25-19)11-20-15-6-3-7-16-13(15)9-8-12-5-4-10-21(12)16/h3-11,20H,1-2H3. The number of nitrogens with one attached hydrogen (secondary N) is 1. The number of ether oxygens (including phenoxy) is 2. The maximum atomic E-state index is 12.0. The molecule has 126 valence electrons. The number of esters is 2. The molecule has 1 N–H and O–H groups in total. The second-order valence-electron chi connectivity index (χ2n) is 6.26. The lowest BCUT2D eigenvalue weighted by Crippen LogP contribution is -2.42. The van der Waals surface area contributed by atoms with Gasteiger partial charge in [-0.15, -0.1) is 0 Å². The van der Waals surface area contributed by atoms with Crippen LogP contribution in [0.4, 0.5) is 5.69 Å². The molecule has 1 fully saturated rings. The summed E-state index contributed by atoms with van der Waals surface area (Å²) in [6.45, 7) is 3.03. The number of fused-ring (bicyclic) bond motifs is 3. The van der Waals surface area contributed by atoms with Crippen molar-refractivity contribution in [1.29, 1.82) is 0 Å². The van der Waals surface area contributed by atoms with Crippen LogP contribution in [0.2, 0.25) is 0 Å². The van der Waals surface area contributed by atoms with E-state index in [-0.39, 0.29) is 5.57 Å². The molecule has 6 heteroatoms. The van der Waals surface area contributed by atoms with Crippen LogP contribution in [0.25, 0.3) is 16.4 Å². The van der Waals surface area contributed by atoms with Crippen LogP contribution < -0.4 is 5.32 Å². The second kappa shape index (κ2) is 5.37. The molecule has 6 nitrogen and oxygen atoms in total. The number of pyridine rings is 1. The van der Waals surface area contributed by atoms with Crippen molar-refractivity contribution in [2.75, 3.05) is 5.32 Å². The Balaban J connectivity index is 1.72. The first-order valence-electron chi connectivity index (χ1n) is 7.87. The molecule has 0 spiro atoms. The van der Waals surface area contributed by atoms with Crippen LogP contribution in [0.1, 0.15) is 13.8 Å². The van der Waals surface area contributed by atoms with E-state index >= 15 is 0 Å². The molecule has 1 aliphatic heterocycles. The Bertz CT molecular complexity index is 1020. The van der Waals surface area contributed by atoms with Crippen molar-refractivity contribution in [3.63, 3.8) is 0 Å². The molecule has 1 aliphatic rings. The van der Waals surface area contributed by atoms with Gasteiger partial charge in [-0.05, 0) is 36.4 Å². The van der Waals surface area contributed by atoms with Crippen molar-refractivity contribution in [2.24, 2.45) is 0 Å². The van der Waals surface area contributed by atoms with E-state index in [2.05, 4.69) is 9.72 Å². The van der Waals surface area contributed by atoms with E-state index < -0.39 is 17.7 Å². The fraction of sp³-hybridized carbons (Fsp3) is 0.158. The van der Waals surface area contributed by atoms with Crippen LogP contribution in [-0.2, 0) is 19.1 Å². The molecule has 3 aromatic rings. The van der Waals surface area contributed by atoms with Crippen LogP contribution >= 0.6 is 0 Å². The summed E-state index contributed by atoms with van der Waals surface area (Å²) in [6.07, 6.45) is 3.31. The Morgan fingerprint density at radius 2 is 1.76 bits per heavy atom. The predicted molar refractivity (Wildman–Crippen MR) is 92.9 cm³/mol. The molecule has 0 aliphatic carbocycles. The number of cyclic esters (lactones) is 2. The summed E-state index contributed by atoms with van der Waals surface area (Å²) in [5, 5.41) is 3.98. The average Bonchev–Trinajstić information content (AvgIpc) is 3.02. The summed E-state index contributed by atoms with van der Waals surface area (Å²) < 4.78 is 12.2. The molecule has 1 aromatic carbocycles. The Morgan fingerprint density at radius 3 is 2.52 bits per heavy atom. The molecular weight excluding hydrogens is 320 g/mol. The fourth-order valence-corrected chi connectivity index (χ4v) is 2.91. The number of aromatic nitrogens is 1. The third-order valence-electron chi connectivity index (χ3n) is 4.03. The Labute approximate surface area is 143 Å². The lowest BCUT2D eigenvalue weighted by atomic mass is 10.1. The summed E-state index contributed by atoms with van der Waals surface area (Å²) in [5.74, 6) is -2.66. The molecule has 2 aromatic heterocycles. The zero-order chi connectivity index (χ0) is 17.6. The van der Waals surface area contributed by atoms with Gasteiger partial charge in [0.05, 0.1) is 5.52 Å². The van der Waals surface area contributed by atoms with E-state index in [1.165, 1.54) is 20.0 Å². The minimum absolute atomic E-state index is 0.168. The van der Waals surface area contributed by atoms with Crippen LogP contribution in [0.3, 0.4) is 0 Å². The molecule has 0 atom stereocenters. The fourth-order valence-electron chi connectivity index (χ4n) is 2.91. The monoisotopic (exact) mass is 336 g/mol. The predicted octanol–water partition coefficient (Wildman–Crippen LogP) is 3.22. The molecule has 1 saturated heterocycles. The SMILES string of the molecule is CC1(C)OC(=O)C(=CNc2cccc3c2ccc2cccn23)C(=O)O1. The largest absolute Gasteiger partial charge is 0.419 e. The van der Waals surface area contributed by atoms with Crippen molar-refractivity contribution >= 4 is 34.0 Å². The van der Waals surface area contributed by atoms with Crippen molar-refractivity contribution < 1.29 is 19.1 Å². The molecule has 4 rings (SSSR count). The highest BCUT2D eigenvalue weighted by Gasteiger charge is 2.38. The van der Waals surface area contributed by atoms with Gasteiger partial charge in [0.1, 0.15) is 0 Å². The molecule has 0 radical (unpaired) electrons. The van der Waals surface area contributed by atoms with Crippen LogP contribution in [-0.4, -0.2) is 22.1 Å². The van der Waals surface area contributed by atoms with Crippen LogP contribution in [0.5, 0.6) is 0 Å². The van der Waals surface area contributed by atoms with Crippen molar-refractivity contribution in [1.82, 2.24) is 4.40 Å². The number of rotatable bonds is 2. The third kappa shape index (κ3) is 2.61. The van der Waals surface area contributed by atoms with E-state index in [1.807, 2.05) is 48.7 Å². The molecule has 0 bridgehead atoms. The zero-order valence-corrected chi connectivity index (χ0v) is 13.8. The minimum atomic E-state index is -1.25. The van der Waals surface area contributed by atoms with Crippen LogP contribution in [0, 0.1) is 0 Å². The van der Waals surface area contributed by atoms with Gasteiger partial charge in [0.25, 0.3) is 5.79 Å². The third-order valence-corrected chi connectivity index (χ3v) is 4.03. The highest BCUT2D eigenvalue weighted by molar-refractivity contribution is 6.15. The number of nitrogens with zero attached hydrogens (tertiary/aromatic N) is 1. The molecule has 0 amide bonds. The normalized spacial score (nSPS) is 16.6. The highest BCUT2D eigenvalue weighted by Crippen LogP contribution is 2.27. The Hall–Kier alpha value is -3.28. The quantitative estimate of drug-likeness (QED) is 0.442. The number of carbonyl (C=O) groups is 2. The van der Waals surface area contributed by atoms with Gasteiger partial charge in [0.15, 0.2) is 5.57 Å². The van der Waals surface area contributed by atoms with Gasteiger partial charge >= 0.3 is 11.9 Å². The van der Waals surface area contributed by atoms with Gasteiger partial charge in [-0.2, -0.15) is 0 Å². The number of benzene rings is 1. The smallest absolute Gasteiger partial charge is 0.350 e. The zero-order valence-electron chi connectivity index (χ0n) is 13.8. The maximum Gasteiger partial charge on any atom is 0.350 e. The summed E-state index contributed by atoms with van der Waals surface area (Å²) in [6, 6.07) is 13.8. The van der Waals surface area contributed by atoms with Gasteiger partial charge in [-0.1, -0.05) is 6.07 Å². The van der Waals surface area contributed by atoms with E-state index in [1.54, 1.807) is 0 Å². The number of hydrogen-bond acceptors (Lipinski definition) is 5. The lowest BCUT2D eigenvalue weighted by Gasteiger charge is -2.29. The van der Waals surface area contributed by atoms with E-state index in [4.69, 9.17) is 9.47 Å². The van der Waals surface area contributed by atoms with Crippen molar-refractivity contribution in [3.05, 3.63) is 60.4 Å². The van der Waals surface area contributed by atoms with E-state index in [9.17, 15) is 9.59 Å². The number of hydrogen-bond donors (Lipinski definition) is 1. The van der Waals surface area contributed by atoms with Gasteiger partial charge in [0, 0.05) is 42.8 Å².